The van der Waals surface area contributed by atoms with Crippen LogP contribution in [-0.4, -0.2) is 38.5 Å². The van der Waals surface area contributed by atoms with E-state index in [4.69, 9.17) is 4.74 Å². The van der Waals surface area contributed by atoms with Crippen LogP contribution >= 0.6 is 0 Å². The smallest absolute Gasteiger partial charge is 0.235 e. The fourth-order valence-electron chi connectivity index (χ4n) is 3.44. The summed E-state index contributed by atoms with van der Waals surface area (Å²) in [6.45, 7) is 7.29. The Labute approximate surface area is 184 Å². The van der Waals surface area contributed by atoms with Crippen LogP contribution in [0.5, 0.6) is 5.75 Å². The van der Waals surface area contributed by atoms with Gasteiger partial charge in [-0.1, -0.05) is 32.0 Å². The van der Waals surface area contributed by atoms with Gasteiger partial charge in [0.2, 0.25) is 15.9 Å². The van der Waals surface area contributed by atoms with Gasteiger partial charge in [0.05, 0.1) is 26.0 Å². The van der Waals surface area contributed by atoms with Crippen molar-refractivity contribution in [3.05, 3.63) is 64.5 Å². The summed E-state index contributed by atoms with van der Waals surface area (Å²) in [4.78, 5) is 12.7. The van der Waals surface area contributed by atoms with E-state index >= 15 is 0 Å². The van der Waals surface area contributed by atoms with Crippen molar-refractivity contribution in [3.63, 3.8) is 0 Å². The Morgan fingerprint density at radius 3 is 2.35 bits per heavy atom. The number of hydrogen-bond acceptors (Lipinski definition) is 4. The molecule has 0 aliphatic carbocycles. The van der Waals surface area contributed by atoms with Crippen LogP contribution < -0.4 is 10.1 Å². The van der Waals surface area contributed by atoms with Crippen molar-refractivity contribution in [2.24, 2.45) is 0 Å². The van der Waals surface area contributed by atoms with Gasteiger partial charge in [-0.05, 0) is 54.7 Å². The first-order chi connectivity index (χ1) is 14.4. The normalized spacial score (nSPS) is 12.8. The molecule has 1 unspecified atom stereocenters. The molecule has 2 aromatic rings. The number of sulfonamides is 1. The topological polar surface area (TPSA) is 75.7 Å². The molecule has 0 fully saturated rings. The Morgan fingerprint density at radius 1 is 1.16 bits per heavy atom. The number of carbonyl (C=O) groups excluding carboxylic acids is 1. The zero-order chi connectivity index (χ0) is 23.3. The Bertz CT molecular complexity index is 1040. The fourth-order valence-corrected chi connectivity index (χ4v) is 4.17. The van der Waals surface area contributed by atoms with E-state index in [1.165, 1.54) is 18.2 Å². The molecule has 0 spiro atoms. The van der Waals surface area contributed by atoms with E-state index in [2.05, 4.69) is 19.2 Å². The summed E-state index contributed by atoms with van der Waals surface area (Å²) >= 11 is 0. The Morgan fingerprint density at radius 2 is 1.81 bits per heavy atom. The third-order valence-electron chi connectivity index (χ3n) is 5.18. The second-order valence-corrected chi connectivity index (χ2v) is 10.00. The number of benzene rings is 2. The van der Waals surface area contributed by atoms with E-state index in [9.17, 15) is 17.6 Å². The summed E-state index contributed by atoms with van der Waals surface area (Å²) in [5.41, 5.74) is 3.13. The minimum absolute atomic E-state index is 0.210. The highest BCUT2D eigenvalue weighted by atomic mass is 32.2. The molecule has 1 amide bonds. The summed E-state index contributed by atoms with van der Waals surface area (Å²) in [6, 6.07) is 9.52. The summed E-state index contributed by atoms with van der Waals surface area (Å²) < 4.78 is 44.8. The number of carbonyl (C=O) groups is 1. The van der Waals surface area contributed by atoms with Crippen molar-refractivity contribution < 1.29 is 22.3 Å². The van der Waals surface area contributed by atoms with Crippen LogP contribution in [0.25, 0.3) is 0 Å². The standard InChI is InChI=1S/C23H31FN2O4S/c1-15(2)19-12-20(16(3)11-22(19)30-5)17(4)25-23(27)14-26(31(6,28)29)13-18-9-7-8-10-21(18)24/h7-12,15,17H,13-14H2,1-6H3,(H,25,27). The van der Waals surface area contributed by atoms with Crippen LogP contribution in [0.3, 0.4) is 0 Å². The van der Waals surface area contributed by atoms with Crippen LogP contribution in [-0.2, 0) is 21.4 Å². The Kier molecular flexibility index (Phi) is 8.20. The Hall–Kier alpha value is -2.45. The molecule has 1 atom stereocenters. The van der Waals surface area contributed by atoms with E-state index in [1.807, 2.05) is 26.0 Å². The number of rotatable bonds is 9. The molecule has 0 aliphatic rings. The molecule has 2 aromatic carbocycles. The molecule has 0 saturated heterocycles. The van der Waals surface area contributed by atoms with E-state index < -0.39 is 28.3 Å². The minimum atomic E-state index is -3.72. The third-order valence-corrected chi connectivity index (χ3v) is 6.37. The molecule has 0 saturated carbocycles. The second kappa shape index (κ2) is 10.2. The molecular formula is C23H31FN2O4S. The van der Waals surface area contributed by atoms with Crippen LogP contribution in [0.2, 0.25) is 0 Å². The maximum absolute atomic E-state index is 14.0. The first-order valence-corrected chi connectivity index (χ1v) is 11.9. The maximum atomic E-state index is 14.0. The zero-order valence-electron chi connectivity index (χ0n) is 18.9. The second-order valence-electron chi connectivity index (χ2n) is 8.02. The highest BCUT2D eigenvalue weighted by molar-refractivity contribution is 7.88. The highest BCUT2D eigenvalue weighted by Gasteiger charge is 2.23. The van der Waals surface area contributed by atoms with Gasteiger partial charge in [0.25, 0.3) is 0 Å². The van der Waals surface area contributed by atoms with Crippen molar-refractivity contribution in [3.8, 4) is 5.75 Å². The molecule has 2 rings (SSSR count). The van der Waals surface area contributed by atoms with Gasteiger partial charge < -0.3 is 10.1 Å². The summed E-state index contributed by atoms with van der Waals surface area (Å²) in [6.07, 6.45) is 1.01. The number of nitrogens with one attached hydrogen (secondary N) is 1. The van der Waals surface area contributed by atoms with E-state index in [0.29, 0.717) is 0 Å². The van der Waals surface area contributed by atoms with Crippen molar-refractivity contribution >= 4 is 15.9 Å². The number of halogens is 1. The number of methoxy groups -OCH3 is 1. The molecule has 0 radical (unpaired) electrons. The van der Waals surface area contributed by atoms with Crippen molar-refractivity contribution in [1.29, 1.82) is 0 Å². The lowest BCUT2D eigenvalue weighted by molar-refractivity contribution is -0.122. The Balaban J connectivity index is 2.19. The van der Waals surface area contributed by atoms with Gasteiger partial charge in [-0.2, -0.15) is 4.31 Å². The lowest BCUT2D eigenvalue weighted by Crippen LogP contribution is -2.40. The molecule has 0 aliphatic heterocycles. The lowest BCUT2D eigenvalue weighted by Gasteiger charge is -2.23. The summed E-state index contributed by atoms with van der Waals surface area (Å²) in [5, 5.41) is 2.86. The summed E-state index contributed by atoms with van der Waals surface area (Å²) in [7, 11) is -2.10. The number of nitrogens with zero attached hydrogens (tertiary/aromatic N) is 1. The van der Waals surface area contributed by atoms with Gasteiger partial charge in [0, 0.05) is 12.1 Å². The van der Waals surface area contributed by atoms with Crippen molar-refractivity contribution in [1.82, 2.24) is 9.62 Å². The monoisotopic (exact) mass is 450 g/mol. The largest absolute Gasteiger partial charge is 0.496 e. The first-order valence-electron chi connectivity index (χ1n) is 10.1. The van der Waals surface area contributed by atoms with Crippen LogP contribution in [0, 0.1) is 12.7 Å². The fraction of sp³-hybridized carbons (Fsp3) is 0.435. The molecule has 1 N–H and O–H groups in total. The molecule has 31 heavy (non-hydrogen) atoms. The number of ether oxygens (including phenoxy) is 1. The third kappa shape index (κ3) is 6.51. The van der Waals surface area contributed by atoms with Crippen LogP contribution in [0.15, 0.2) is 36.4 Å². The number of amides is 1. The van der Waals surface area contributed by atoms with Gasteiger partial charge in [0.15, 0.2) is 0 Å². The van der Waals surface area contributed by atoms with Gasteiger partial charge >= 0.3 is 0 Å². The average Bonchev–Trinajstić information content (AvgIpc) is 2.67. The van der Waals surface area contributed by atoms with E-state index in [-0.39, 0.29) is 24.1 Å². The van der Waals surface area contributed by atoms with Crippen molar-refractivity contribution in [2.45, 2.75) is 46.2 Å². The maximum Gasteiger partial charge on any atom is 0.235 e. The first kappa shape index (κ1) is 24.8. The van der Waals surface area contributed by atoms with Crippen LogP contribution in [0.4, 0.5) is 4.39 Å². The van der Waals surface area contributed by atoms with Crippen molar-refractivity contribution in [2.75, 3.05) is 19.9 Å². The van der Waals surface area contributed by atoms with Gasteiger partial charge in [-0.25, -0.2) is 12.8 Å². The predicted molar refractivity (Wildman–Crippen MR) is 120 cm³/mol. The molecule has 0 bridgehead atoms. The molecule has 170 valence electrons. The lowest BCUT2D eigenvalue weighted by atomic mass is 9.93. The molecule has 8 heteroatoms. The zero-order valence-corrected chi connectivity index (χ0v) is 19.7. The SMILES string of the molecule is COc1cc(C)c(C(C)NC(=O)CN(Cc2ccccc2F)S(C)(=O)=O)cc1C(C)C. The predicted octanol–water partition coefficient (Wildman–Crippen LogP) is 3.91. The molecule has 0 aromatic heterocycles. The van der Waals surface area contributed by atoms with E-state index in [0.717, 1.165) is 33.0 Å². The van der Waals surface area contributed by atoms with E-state index in [1.54, 1.807) is 13.2 Å². The quantitative estimate of drug-likeness (QED) is 0.629. The molecular weight excluding hydrogens is 419 g/mol. The number of hydrogen-bond donors (Lipinski definition) is 1. The van der Waals surface area contributed by atoms with Gasteiger partial charge in [-0.15, -0.1) is 0 Å². The number of aryl methyl sites for hydroxylation is 1. The van der Waals surface area contributed by atoms with Gasteiger partial charge in [-0.3, -0.25) is 4.79 Å². The van der Waals surface area contributed by atoms with Crippen LogP contribution in [0.1, 0.15) is 55.0 Å². The molecule has 6 nitrogen and oxygen atoms in total. The summed E-state index contributed by atoms with van der Waals surface area (Å²) in [5.74, 6) is 0.0530. The average molecular weight is 451 g/mol. The molecule has 0 heterocycles. The highest BCUT2D eigenvalue weighted by Crippen LogP contribution is 2.32. The van der Waals surface area contributed by atoms with Gasteiger partial charge in [0.1, 0.15) is 11.6 Å². The minimum Gasteiger partial charge on any atom is -0.496 e.